The van der Waals surface area contributed by atoms with E-state index in [1.54, 1.807) is 0 Å². The largest absolute Gasteiger partial charge is 0.586 e. The summed E-state index contributed by atoms with van der Waals surface area (Å²) < 4.78 is 35.8. The minimum atomic E-state index is -3.68. The molecule has 0 atom stereocenters. The van der Waals surface area contributed by atoms with Crippen LogP contribution in [0.1, 0.15) is 24.8 Å². The molecule has 0 saturated heterocycles. The van der Waals surface area contributed by atoms with Crippen molar-refractivity contribution in [2.24, 2.45) is 0 Å². The summed E-state index contributed by atoms with van der Waals surface area (Å²) in [4.78, 5) is 12.5. The second-order valence-electron chi connectivity index (χ2n) is 6.32. The van der Waals surface area contributed by atoms with Crippen molar-refractivity contribution in [2.45, 2.75) is 31.1 Å². The molecule has 2 aliphatic rings. The summed E-state index contributed by atoms with van der Waals surface area (Å²) in [5.41, 5.74) is 0.920. The monoisotopic (exact) mass is 424 g/mol. The highest BCUT2D eigenvalue weighted by Crippen LogP contribution is 2.44. The number of fused-ring (bicyclic) bond motifs is 1. The first-order chi connectivity index (χ1) is 12.4. The molecule has 26 heavy (non-hydrogen) atoms. The van der Waals surface area contributed by atoms with Gasteiger partial charge in [-0.25, -0.2) is 4.79 Å². The second-order valence-corrected chi connectivity index (χ2v) is 7.18. The number of amides is 2. The first-order valence-corrected chi connectivity index (χ1v) is 8.90. The van der Waals surface area contributed by atoms with Crippen LogP contribution in [0.4, 0.5) is 19.3 Å². The number of hydrogen-bond donors (Lipinski definition) is 2. The van der Waals surface area contributed by atoms with Gasteiger partial charge >= 0.3 is 12.3 Å². The first-order valence-electron chi connectivity index (χ1n) is 8.11. The Morgan fingerprint density at radius 1 is 1.08 bits per heavy atom. The van der Waals surface area contributed by atoms with Crippen molar-refractivity contribution in [2.75, 3.05) is 5.32 Å². The Balaban J connectivity index is 1.49. The minimum absolute atomic E-state index is 0.0652. The zero-order valence-corrected chi connectivity index (χ0v) is 15.1. The topological polar surface area (TPSA) is 59.6 Å². The molecule has 8 heteroatoms. The van der Waals surface area contributed by atoms with Gasteiger partial charge in [0.2, 0.25) is 0 Å². The van der Waals surface area contributed by atoms with Gasteiger partial charge < -0.3 is 20.1 Å². The molecule has 1 fully saturated rings. The lowest BCUT2D eigenvalue weighted by atomic mass is 9.72. The lowest BCUT2D eigenvalue weighted by molar-refractivity contribution is -0.286. The number of urea groups is 1. The molecule has 5 nitrogen and oxygen atoms in total. The number of hydrogen-bond acceptors (Lipinski definition) is 3. The summed E-state index contributed by atoms with van der Waals surface area (Å²) in [5, 5.41) is 5.69. The smallest absolute Gasteiger partial charge is 0.395 e. The van der Waals surface area contributed by atoms with E-state index in [0.29, 0.717) is 5.69 Å². The first kappa shape index (κ1) is 17.1. The molecule has 1 aliphatic heterocycles. The average molecular weight is 425 g/mol. The third-order valence-corrected chi connectivity index (χ3v) is 5.30. The van der Waals surface area contributed by atoms with Gasteiger partial charge in [0.25, 0.3) is 0 Å². The van der Waals surface area contributed by atoms with Crippen LogP contribution in [0.5, 0.6) is 11.5 Å². The Labute approximate surface area is 156 Å². The maximum atomic E-state index is 13.1. The number of anilines is 1. The molecule has 0 unspecified atom stereocenters. The third-order valence-electron chi connectivity index (χ3n) is 4.61. The average Bonchev–Trinajstić information content (AvgIpc) is 2.85. The van der Waals surface area contributed by atoms with Crippen molar-refractivity contribution in [3.8, 4) is 11.5 Å². The summed E-state index contributed by atoms with van der Waals surface area (Å²) in [5.74, 6) is -0.179. The van der Waals surface area contributed by atoms with E-state index in [4.69, 9.17) is 0 Å². The molecular formula is C18H15BrF2N2O3. The molecule has 0 aromatic heterocycles. The second kappa shape index (κ2) is 6.12. The van der Waals surface area contributed by atoms with E-state index in [1.165, 1.54) is 18.2 Å². The van der Waals surface area contributed by atoms with E-state index in [2.05, 4.69) is 36.0 Å². The Hall–Kier alpha value is -2.35. The van der Waals surface area contributed by atoms with Crippen LogP contribution in [-0.4, -0.2) is 12.3 Å². The predicted octanol–water partition coefficient (Wildman–Crippen LogP) is 4.97. The number of benzene rings is 2. The maximum Gasteiger partial charge on any atom is 0.586 e. The number of ether oxygens (including phenoxy) is 2. The zero-order valence-electron chi connectivity index (χ0n) is 13.5. The van der Waals surface area contributed by atoms with Gasteiger partial charge in [-0.1, -0.05) is 34.1 Å². The number of carbonyl (C=O) groups is 1. The summed E-state index contributed by atoms with van der Waals surface area (Å²) in [6.07, 6.45) is -1.01. The fourth-order valence-electron chi connectivity index (χ4n) is 3.25. The maximum absolute atomic E-state index is 13.1. The highest BCUT2D eigenvalue weighted by molar-refractivity contribution is 9.10. The third kappa shape index (κ3) is 3.09. The molecule has 2 N–H and O–H groups in total. The molecule has 0 bridgehead atoms. The molecule has 136 valence electrons. The van der Waals surface area contributed by atoms with Gasteiger partial charge in [-0.15, -0.1) is 8.78 Å². The lowest BCUT2D eigenvalue weighted by Crippen LogP contribution is -2.52. The molecular weight excluding hydrogens is 410 g/mol. The van der Waals surface area contributed by atoms with Crippen LogP contribution in [0, 0.1) is 0 Å². The van der Waals surface area contributed by atoms with Crippen molar-refractivity contribution in [1.82, 2.24) is 5.32 Å². The molecule has 4 rings (SSSR count). The summed E-state index contributed by atoms with van der Waals surface area (Å²) >= 11 is 3.53. The number of nitrogens with one attached hydrogen (secondary N) is 2. The van der Waals surface area contributed by atoms with Crippen LogP contribution in [-0.2, 0) is 5.54 Å². The molecule has 0 spiro atoms. The fraction of sp³-hybridized carbons (Fsp3) is 0.278. The van der Waals surface area contributed by atoms with Gasteiger partial charge in [-0.05, 0) is 43.0 Å². The quantitative estimate of drug-likeness (QED) is 0.730. The molecule has 2 aromatic rings. The van der Waals surface area contributed by atoms with E-state index < -0.39 is 17.9 Å². The standard InChI is InChI=1S/C18H15BrF2N2O3/c19-13-5-2-1-4-12(13)17(8-3-9-17)23-16(24)22-11-6-7-14-15(10-11)26-18(20,21)25-14/h1-2,4-7,10H,3,8-9H2,(H2,22,23,24). The predicted molar refractivity (Wildman–Crippen MR) is 94.5 cm³/mol. The van der Waals surface area contributed by atoms with Crippen molar-refractivity contribution >= 4 is 27.6 Å². The van der Waals surface area contributed by atoms with E-state index >= 15 is 0 Å². The highest BCUT2D eigenvalue weighted by Gasteiger charge is 2.44. The highest BCUT2D eigenvalue weighted by atomic mass is 79.9. The van der Waals surface area contributed by atoms with E-state index in [1.807, 2.05) is 24.3 Å². The number of carbonyl (C=O) groups excluding carboxylic acids is 1. The number of rotatable bonds is 3. The van der Waals surface area contributed by atoms with Crippen molar-refractivity contribution in [3.63, 3.8) is 0 Å². The molecule has 1 heterocycles. The van der Waals surface area contributed by atoms with E-state index in [0.717, 1.165) is 29.3 Å². The van der Waals surface area contributed by atoms with E-state index in [9.17, 15) is 13.6 Å². The summed E-state index contributed by atoms with van der Waals surface area (Å²) in [7, 11) is 0. The van der Waals surface area contributed by atoms with Gasteiger partial charge in [0.1, 0.15) is 0 Å². The van der Waals surface area contributed by atoms with Crippen LogP contribution in [0.3, 0.4) is 0 Å². The zero-order chi connectivity index (χ0) is 18.4. The molecule has 2 amide bonds. The Morgan fingerprint density at radius 3 is 2.50 bits per heavy atom. The summed E-state index contributed by atoms with van der Waals surface area (Å²) in [6.45, 7) is 0. The molecule has 1 saturated carbocycles. The minimum Gasteiger partial charge on any atom is -0.395 e. The Bertz CT molecular complexity index is 871. The SMILES string of the molecule is O=C(Nc1ccc2c(c1)OC(F)(F)O2)NC1(c2ccccc2Br)CCC1. The molecule has 1 aliphatic carbocycles. The fourth-order valence-corrected chi connectivity index (χ4v) is 3.91. The number of halogens is 3. The Morgan fingerprint density at radius 2 is 1.81 bits per heavy atom. The van der Waals surface area contributed by atoms with E-state index in [-0.39, 0.29) is 11.5 Å². The van der Waals surface area contributed by atoms with Gasteiger partial charge in [0.05, 0.1) is 5.54 Å². The lowest BCUT2D eigenvalue weighted by Gasteiger charge is -2.43. The van der Waals surface area contributed by atoms with Gasteiger partial charge in [0.15, 0.2) is 11.5 Å². The van der Waals surface area contributed by atoms with Crippen molar-refractivity contribution in [1.29, 1.82) is 0 Å². The summed E-state index contributed by atoms with van der Waals surface area (Å²) in [6, 6.07) is 11.5. The number of alkyl halides is 2. The normalized spacial score (nSPS) is 18.7. The van der Waals surface area contributed by atoms with Crippen molar-refractivity contribution < 1.29 is 23.0 Å². The van der Waals surface area contributed by atoms with Gasteiger partial charge in [-0.2, -0.15) is 0 Å². The van der Waals surface area contributed by atoms with Crippen LogP contribution in [0.15, 0.2) is 46.9 Å². The van der Waals surface area contributed by atoms with Gasteiger partial charge in [-0.3, -0.25) is 0 Å². The molecule has 2 aromatic carbocycles. The van der Waals surface area contributed by atoms with Crippen LogP contribution >= 0.6 is 15.9 Å². The van der Waals surface area contributed by atoms with Crippen molar-refractivity contribution in [3.05, 3.63) is 52.5 Å². The Kier molecular flexibility index (Phi) is 4.02. The van der Waals surface area contributed by atoms with Crippen LogP contribution in [0.25, 0.3) is 0 Å². The molecule has 0 radical (unpaired) electrons. The van der Waals surface area contributed by atoms with Gasteiger partial charge in [0, 0.05) is 16.2 Å². The van der Waals surface area contributed by atoms with Crippen LogP contribution in [0.2, 0.25) is 0 Å². The van der Waals surface area contributed by atoms with Crippen LogP contribution < -0.4 is 20.1 Å².